The molecule has 3 N–H and O–H groups in total. The van der Waals surface area contributed by atoms with E-state index in [1.807, 2.05) is 60.7 Å². The maximum atomic E-state index is 13.5. The van der Waals surface area contributed by atoms with Crippen molar-refractivity contribution < 1.29 is 19.1 Å². The second kappa shape index (κ2) is 10.6. The van der Waals surface area contributed by atoms with Crippen LogP contribution in [0.5, 0.6) is 0 Å². The van der Waals surface area contributed by atoms with Crippen LogP contribution in [0.25, 0.3) is 0 Å². The van der Waals surface area contributed by atoms with E-state index in [9.17, 15) is 14.4 Å². The number of hydrogen-bond donors (Lipinski definition) is 3. The zero-order valence-electron chi connectivity index (χ0n) is 18.7. The summed E-state index contributed by atoms with van der Waals surface area (Å²) in [5.41, 5.74) is 1.92. The minimum Gasteiger partial charge on any atom is -0.358 e. The van der Waals surface area contributed by atoms with Gasteiger partial charge in [-0.1, -0.05) is 60.7 Å². The van der Waals surface area contributed by atoms with E-state index >= 15 is 0 Å². The summed E-state index contributed by atoms with van der Waals surface area (Å²) in [7, 11) is 1.67. The summed E-state index contributed by atoms with van der Waals surface area (Å²) in [6.45, 7) is 0.468. The van der Waals surface area contributed by atoms with E-state index in [0.717, 1.165) is 11.1 Å². The van der Waals surface area contributed by atoms with Crippen molar-refractivity contribution in [3.8, 4) is 0 Å². The molecule has 4 rings (SSSR count). The van der Waals surface area contributed by atoms with Crippen LogP contribution in [0.1, 0.15) is 36.4 Å². The molecule has 2 heterocycles. The largest absolute Gasteiger partial charge is 0.358 e. The zero-order chi connectivity index (χ0) is 23.2. The molecule has 0 aliphatic carbocycles. The fourth-order valence-electron chi connectivity index (χ4n) is 4.55. The summed E-state index contributed by atoms with van der Waals surface area (Å²) in [6.07, 6.45) is 1.02. The van der Waals surface area contributed by atoms with Gasteiger partial charge in [0.05, 0.1) is 19.2 Å². The van der Waals surface area contributed by atoms with Crippen molar-refractivity contribution in [2.24, 2.45) is 0 Å². The molecular formula is C25H30N4O4. The lowest BCUT2D eigenvalue weighted by Gasteiger charge is -2.31. The number of amides is 3. The van der Waals surface area contributed by atoms with Gasteiger partial charge in [-0.15, -0.1) is 0 Å². The van der Waals surface area contributed by atoms with Gasteiger partial charge in [0.25, 0.3) is 0 Å². The average molecular weight is 451 g/mol. The second-order valence-corrected chi connectivity index (χ2v) is 8.37. The monoisotopic (exact) mass is 450 g/mol. The molecule has 8 heteroatoms. The summed E-state index contributed by atoms with van der Waals surface area (Å²) in [4.78, 5) is 40.4. The molecule has 2 aromatic carbocycles. The zero-order valence-corrected chi connectivity index (χ0v) is 18.7. The smallest absolute Gasteiger partial charge is 0.247 e. The van der Waals surface area contributed by atoms with Crippen molar-refractivity contribution in [1.29, 1.82) is 0 Å². The molecule has 8 nitrogen and oxygen atoms in total. The lowest BCUT2D eigenvalue weighted by molar-refractivity contribution is -0.148. The molecule has 2 aliphatic heterocycles. The number of nitrogens with one attached hydrogen (secondary N) is 3. The van der Waals surface area contributed by atoms with Gasteiger partial charge in [-0.25, -0.2) is 0 Å². The van der Waals surface area contributed by atoms with E-state index in [1.165, 1.54) is 4.90 Å². The Hall–Kier alpha value is -3.23. The molecule has 2 saturated heterocycles. The minimum atomic E-state index is -0.705. The number of rotatable bonds is 7. The third-order valence-corrected chi connectivity index (χ3v) is 6.13. The number of benzene rings is 2. The maximum absolute atomic E-state index is 13.5. The highest BCUT2D eigenvalue weighted by molar-refractivity contribution is 5.93. The van der Waals surface area contributed by atoms with Gasteiger partial charge in [-0.05, 0) is 31.0 Å². The van der Waals surface area contributed by atoms with E-state index in [1.54, 1.807) is 7.05 Å². The Morgan fingerprint density at radius 3 is 2.24 bits per heavy atom. The first-order valence-corrected chi connectivity index (χ1v) is 11.4. The predicted octanol–water partition coefficient (Wildman–Crippen LogP) is 1.33. The fourth-order valence-corrected chi connectivity index (χ4v) is 4.55. The summed E-state index contributed by atoms with van der Waals surface area (Å²) in [5, 5.41) is 8.71. The van der Waals surface area contributed by atoms with Crippen molar-refractivity contribution in [3.63, 3.8) is 0 Å². The lowest BCUT2D eigenvalue weighted by Crippen LogP contribution is -2.55. The van der Waals surface area contributed by atoms with Crippen LogP contribution in [0.4, 0.5) is 0 Å². The Balaban J connectivity index is 1.54. The van der Waals surface area contributed by atoms with Gasteiger partial charge in [-0.3, -0.25) is 14.4 Å². The number of likely N-dealkylation sites (N-methyl/N-ethyl adjacent to an activating group) is 1. The van der Waals surface area contributed by atoms with E-state index in [-0.39, 0.29) is 30.3 Å². The van der Waals surface area contributed by atoms with Crippen LogP contribution in [0.3, 0.4) is 0 Å². The normalized spacial score (nSPS) is 22.5. The third-order valence-electron chi connectivity index (χ3n) is 6.13. The highest BCUT2D eigenvalue weighted by Gasteiger charge is 2.46. The Morgan fingerprint density at radius 2 is 1.64 bits per heavy atom. The number of hydrogen-bond acceptors (Lipinski definition) is 5. The SMILES string of the molecule is CNCC(=O)NC1CCOC2CCC(C(=O)NC(c3ccccc3)c3ccccc3)N2C1=O. The van der Waals surface area contributed by atoms with Gasteiger partial charge >= 0.3 is 0 Å². The third kappa shape index (κ3) is 5.23. The van der Waals surface area contributed by atoms with Gasteiger partial charge in [0.2, 0.25) is 17.7 Å². The molecule has 0 radical (unpaired) electrons. The standard InChI is InChI=1S/C25H30N4O4/c1-26-16-21(30)27-19-14-15-33-22-13-12-20(29(22)25(19)32)24(31)28-23(17-8-4-2-5-9-17)18-10-6-3-7-11-18/h2-11,19-20,22-23,26H,12-16H2,1H3,(H,27,30)(H,28,31). The van der Waals surface area contributed by atoms with Crippen molar-refractivity contribution in [2.45, 2.75) is 43.6 Å². The topological polar surface area (TPSA) is 99.8 Å². The summed E-state index contributed by atoms with van der Waals surface area (Å²) < 4.78 is 5.88. The summed E-state index contributed by atoms with van der Waals surface area (Å²) in [5.74, 6) is -0.757. The molecular weight excluding hydrogens is 420 g/mol. The molecule has 0 saturated carbocycles. The molecule has 174 valence electrons. The molecule has 0 spiro atoms. The van der Waals surface area contributed by atoms with Crippen LogP contribution in [0.15, 0.2) is 60.7 Å². The van der Waals surface area contributed by atoms with Crippen LogP contribution in [0, 0.1) is 0 Å². The van der Waals surface area contributed by atoms with Crippen molar-refractivity contribution in [2.75, 3.05) is 20.2 Å². The van der Waals surface area contributed by atoms with Gasteiger partial charge < -0.3 is 25.6 Å². The van der Waals surface area contributed by atoms with E-state index < -0.39 is 18.3 Å². The molecule has 2 aromatic rings. The van der Waals surface area contributed by atoms with Crippen LogP contribution in [-0.2, 0) is 19.1 Å². The highest BCUT2D eigenvalue weighted by atomic mass is 16.5. The van der Waals surface area contributed by atoms with Gasteiger partial charge in [-0.2, -0.15) is 0 Å². The number of fused-ring (bicyclic) bond motifs is 1. The molecule has 0 aromatic heterocycles. The summed E-state index contributed by atoms with van der Waals surface area (Å²) in [6, 6.07) is 17.8. The van der Waals surface area contributed by atoms with Crippen molar-refractivity contribution >= 4 is 17.7 Å². The first-order valence-electron chi connectivity index (χ1n) is 11.4. The number of carbonyl (C=O) groups is 3. The highest BCUT2D eigenvalue weighted by Crippen LogP contribution is 2.30. The molecule has 3 atom stereocenters. The Morgan fingerprint density at radius 1 is 1.00 bits per heavy atom. The first-order chi connectivity index (χ1) is 16.1. The Kier molecular flexibility index (Phi) is 7.36. The average Bonchev–Trinajstić information content (AvgIpc) is 3.20. The van der Waals surface area contributed by atoms with Gasteiger partial charge in [0.15, 0.2) is 0 Å². The van der Waals surface area contributed by atoms with E-state index in [0.29, 0.717) is 25.9 Å². The Labute approximate surface area is 193 Å². The summed E-state index contributed by atoms with van der Waals surface area (Å²) >= 11 is 0. The van der Waals surface area contributed by atoms with Crippen molar-refractivity contribution in [3.05, 3.63) is 71.8 Å². The van der Waals surface area contributed by atoms with E-state index in [2.05, 4.69) is 16.0 Å². The van der Waals surface area contributed by atoms with Crippen LogP contribution < -0.4 is 16.0 Å². The first kappa shape index (κ1) is 22.9. The van der Waals surface area contributed by atoms with Gasteiger partial charge in [0, 0.05) is 6.42 Å². The predicted molar refractivity (Wildman–Crippen MR) is 123 cm³/mol. The van der Waals surface area contributed by atoms with E-state index in [4.69, 9.17) is 4.74 Å². The number of ether oxygens (including phenoxy) is 1. The van der Waals surface area contributed by atoms with Crippen molar-refractivity contribution in [1.82, 2.24) is 20.9 Å². The molecule has 33 heavy (non-hydrogen) atoms. The quantitative estimate of drug-likeness (QED) is 0.591. The van der Waals surface area contributed by atoms with Crippen LogP contribution in [0.2, 0.25) is 0 Å². The molecule has 3 amide bonds. The van der Waals surface area contributed by atoms with Gasteiger partial charge in [0.1, 0.15) is 18.3 Å². The molecule has 2 fully saturated rings. The maximum Gasteiger partial charge on any atom is 0.247 e. The molecule has 3 unspecified atom stereocenters. The minimum absolute atomic E-state index is 0.119. The molecule has 2 aliphatic rings. The fraction of sp³-hybridized carbons (Fsp3) is 0.400. The number of nitrogens with zero attached hydrogens (tertiary/aromatic N) is 1. The lowest BCUT2D eigenvalue weighted by atomic mass is 9.98. The van der Waals surface area contributed by atoms with Crippen LogP contribution in [-0.4, -0.2) is 61.1 Å². The van der Waals surface area contributed by atoms with Crippen LogP contribution >= 0.6 is 0 Å². The Bertz CT molecular complexity index is 929. The second-order valence-electron chi connectivity index (χ2n) is 8.37. The number of carbonyl (C=O) groups excluding carboxylic acids is 3. The molecule has 0 bridgehead atoms.